The van der Waals surface area contributed by atoms with Gasteiger partial charge in [0.1, 0.15) is 4.21 Å². The summed E-state index contributed by atoms with van der Waals surface area (Å²) in [6, 6.07) is 3.43. The quantitative estimate of drug-likeness (QED) is 0.941. The zero-order valence-electron chi connectivity index (χ0n) is 10.5. The number of thiophene rings is 1. The number of hydrogen-bond donors (Lipinski definition) is 1. The van der Waals surface area contributed by atoms with Crippen molar-refractivity contribution in [2.45, 2.75) is 23.5 Å². The molecule has 0 radical (unpaired) electrons. The van der Waals surface area contributed by atoms with Gasteiger partial charge in [0.25, 0.3) is 10.0 Å². The molecule has 5 nitrogen and oxygen atoms in total. The second-order valence-electron chi connectivity index (χ2n) is 4.75. The van der Waals surface area contributed by atoms with E-state index in [1.54, 1.807) is 28.0 Å². The van der Waals surface area contributed by atoms with Crippen LogP contribution in [0.15, 0.2) is 27.9 Å². The Hall–Kier alpha value is -1.18. The molecule has 1 atom stereocenters. The predicted molar refractivity (Wildman–Crippen MR) is 73.8 cm³/mol. The van der Waals surface area contributed by atoms with E-state index in [9.17, 15) is 8.42 Å². The summed E-state index contributed by atoms with van der Waals surface area (Å²) in [7, 11) is -3.31. The molecule has 0 amide bonds. The van der Waals surface area contributed by atoms with Gasteiger partial charge in [-0.2, -0.15) is 9.40 Å². The molecule has 0 aromatic carbocycles. The monoisotopic (exact) mass is 297 g/mol. The highest BCUT2D eigenvalue weighted by atomic mass is 32.2. The summed E-state index contributed by atoms with van der Waals surface area (Å²) in [5, 5.41) is 8.79. The van der Waals surface area contributed by atoms with Crippen molar-refractivity contribution in [1.82, 2.24) is 14.5 Å². The van der Waals surface area contributed by atoms with E-state index in [1.807, 2.05) is 6.92 Å². The standard InChI is InChI=1S/C12H15N3O2S2/c1-9-7-13-14-12(9)10-4-5-15(8-10)19(16,17)11-3-2-6-18-11/h2-3,6-7,10H,4-5,8H2,1H3,(H,13,14). The topological polar surface area (TPSA) is 66.1 Å². The average Bonchev–Trinajstić information content (AvgIpc) is 3.10. The molecule has 0 spiro atoms. The molecule has 3 heterocycles. The Balaban J connectivity index is 1.82. The van der Waals surface area contributed by atoms with Gasteiger partial charge in [-0.3, -0.25) is 5.10 Å². The number of rotatable bonds is 3. The molecule has 1 aliphatic rings. The first-order valence-electron chi connectivity index (χ1n) is 6.12. The van der Waals surface area contributed by atoms with Gasteiger partial charge in [-0.15, -0.1) is 11.3 Å². The smallest absolute Gasteiger partial charge is 0.252 e. The van der Waals surface area contributed by atoms with Gasteiger partial charge < -0.3 is 0 Å². The molecule has 1 saturated heterocycles. The zero-order valence-corrected chi connectivity index (χ0v) is 12.2. The van der Waals surface area contributed by atoms with Gasteiger partial charge in [-0.1, -0.05) is 6.07 Å². The highest BCUT2D eigenvalue weighted by Crippen LogP contribution is 2.32. The second-order valence-corrected chi connectivity index (χ2v) is 7.86. The van der Waals surface area contributed by atoms with E-state index < -0.39 is 10.0 Å². The molecule has 3 rings (SSSR count). The van der Waals surface area contributed by atoms with Crippen LogP contribution in [0.2, 0.25) is 0 Å². The van der Waals surface area contributed by atoms with Gasteiger partial charge in [-0.25, -0.2) is 8.42 Å². The first-order chi connectivity index (χ1) is 9.09. The maximum Gasteiger partial charge on any atom is 0.252 e. The van der Waals surface area contributed by atoms with Gasteiger partial charge in [0.15, 0.2) is 0 Å². The van der Waals surface area contributed by atoms with Crippen LogP contribution in [0.3, 0.4) is 0 Å². The Morgan fingerprint density at radius 1 is 1.53 bits per heavy atom. The Kier molecular flexibility index (Phi) is 3.20. The van der Waals surface area contributed by atoms with Gasteiger partial charge in [-0.05, 0) is 30.4 Å². The van der Waals surface area contributed by atoms with E-state index >= 15 is 0 Å². The third-order valence-electron chi connectivity index (χ3n) is 3.52. The Labute approximate surface area is 116 Å². The lowest BCUT2D eigenvalue weighted by Crippen LogP contribution is -2.28. The third kappa shape index (κ3) is 2.22. The maximum absolute atomic E-state index is 12.4. The molecular formula is C12H15N3O2S2. The van der Waals surface area contributed by atoms with E-state index in [-0.39, 0.29) is 5.92 Å². The number of aromatic nitrogens is 2. The highest BCUT2D eigenvalue weighted by Gasteiger charge is 2.34. The van der Waals surface area contributed by atoms with Crippen molar-refractivity contribution in [2.24, 2.45) is 0 Å². The lowest BCUT2D eigenvalue weighted by Gasteiger charge is -2.15. The molecule has 1 N–H and O–H groups in total. The fraction of sp³-hybridized carbons (Fsp3) is 0.417. The number of H-pyrrole nitrogens is 1. The minimum atomic E-state index is -3.31. The van der Waals surface area contributed by atoms with E-state index in [4.69, 9.17) is 0 Å². The Morgan fingerprint density at radius 3 is 3.00 bits per heavy atom. The van der Waals surface area contributed by atoms with Crippen LogP contribution in [0.1, 0.15) is 23.6 Å². The van der Waals surface area contributed by atoms with E-state index in [1.165, 1.54) is 11.3 Å². The summed E-state index contributed by atoms with van der Waals surface area (Å²) < 4.78 is 26.8. The van der Waals surface area contributed by atoms with Crippen LogP contribution in [0.25, 0.3) is 0 Å². The number of nitrogens with zero attached hydrogens (tertiary/aromatic N) is 2. The summed E-state index contributed by atoms with van der Waals surface area (Å²) in [5.74, 6) is 0.220. The normalized spacial score (nSPS) is 21.0. The molecule has 2 aromatic heterocycles. The first-order valence-corrected chi connectivity index (χ1v) is 8.44. The fourth-order valence-corrected chi connectivity index (χ4v) is 5.13. The van der Waals surface area contributed by atoms with E-state index in [0.717, 1.165) is 17.7 Å². The molecular weight excluding hydrogens is 282 g/mol. The van der Waals surface area contributed by atoms with Crippen LogP contribution in [0, 0.1) is 6.92 Å². The van der Waals surface area contributed by atoms with Crippen LogP contribution >= 0.6 is 11.3 Å². The largest absolute Gasteiger partial charge is 0.282 e. The summed E-state index contributed by atoms with van der Waals surface area (Å²) in [5.41, 5.74) is 2.16. The van der Waals surface area contributed by atoms with Gasteiger partial charge in [0.2, 0.25) is 0 Å². The van der Waals surface area contributed by atoms with Crippen LogP contribution in [-0.4, -0.2) is 36.0 Å². The number of hydrogen-bond acceptors (Lipinski definition) is 4. The predicted octanol–water partition coefficient (Wildman–Crippen LogP) is 1.96. The van der Waals surface area contributed by atoms with Crippen LogP contribution in [0.5, 0.6) is 0 Å². The molecule has 0 saturated carbocycles. The van der Waals surface area contributed by atoms with Crippen LogP contribution in [0.4, 0.5) is 0 Å². The van der Waals surface area contributed by atoms with Crippen molar-refractivity contribution in [2.75, 3.05) is 13.1 Å². The molecule has 19 heavy (non-hydrogen) atoms. The van der Waals surface area contributed by atoms with Gasteiger partial charge in [0.05, 0.1) is 6.20 Å². The fourth-order valence-electron chi connectivity index (χ4n) is 2.49. The average molecular weight is 297 g/mol. The minimum absolute atomic E-state index is 0.220. The van der Waals surface area contributed by atoms with Crippen molar-refractivity contribution < 1.29 is 8.42 Å². The summed E-state index contributed by atoms with van der Waals surface area (Å²) >= 11 is 1.27. The Bertz CT molecular complexity index is 661. The molecule has 1 fully saturated rings. The summed E-state index contributed by atoms with van der Waals surface area (Å²) in [6.07, 6.45) is 2.62. The summed E-state index contributed by atoms with van der Waals surface area (Å²) in [4.78, 5) is 0. The van der Waals surface area contributed by atoms with Crippen LogP contribution in [-0.2, 0) is 10.0 Å². The molecule has 102 valence electrons. The SMILES string of the molecule is Cc1cn[nH]c1C1CCN(S(=O)(=O)c2cccs2)C1. The molecule has 7 heteroatoms. The van der Waals surface area contributed by atoms with Gasteiger partial charge >= 0.3 is 0 Å². The lowest BCUT2D eigenvalue weighted by atomic mass is 10.0. The van der Waals surface area contributed by atoms with Crippen molar-refractivity contribution >= 4 is 21.4 Å². The number of aryl methyl sites for hydroxylation is 1. The van der Waals surface area contributed by atoms with Crippen LogP contribution < -0.4 is 0 Å². The molecule has 1 unspecified atom stereocenters. The first kappa shape index (κ1) is 12.8. The van der Waals surface area contributed by atoms with Crippen molar-refractivity contribution in [3.8, 4) is 0 Å². The molecule has 1 aliphatic heterocycles. The number of nitrogens with one attached hydrogen (secondary N) is 1. The molecule has 2 aromatic rings. The molecule has 0 bridgehead atoms. The summed E-state index contributed by atoms with van der Waals surface area (Å²) in [6.45, 7) is 3.10. The number of aromatic amines is 1. The van der Waals surface area contributed by atoms with E-state index in [0.29, 0.717) is 17.3 Å². The van der Waals surface area contributed by atoms with E-state index in [2.05, 4.69) is 10.2 Å². The van der Waals surface area contributed by atoms with Gasteiger partial charge in [0, 0.05) is 24.7 Å². The third-order valence-corrected chi connectivity index (χ3v) is 6.75. The zero-order chi connectivity index (χ0) is 13.5. The Morgan fingerprint density at radius 2 is 2.37 bits per heavy atom. The maximum atomic E-state index is 12.4. The minimum Gasteiger partial charge on any atom is -0.282 e. The molecule has 0 aliphatic carbocycles. The number of sulfonamides is 1. The highest BCUT2D eigenvalue weighted by molar-refractivity contribution is 7.91. The van der Waals surface area contributed by atoms with Crippen molar-refractivity contribution in [3.05, 3.63) is 35.0 Å². The second kappa shape index (κ2) is 4.73. The lowest BCUT2D eigenvalue weighted by molar-refractivity contribution is 0.473. The van der Waals surface area contributed by atoms with Crippen molar-refractivity contribution in [1.29, 1.82) is 0 Å². The van der Waals surface area contributed by atoms with Crippen molar-refractivity contribution in [3.63, 3.8) is 0 Å².